The van der Waals surface area contributed by atoms with E-state index in [1.165, 1.54) is 6.42 Å². The van der Waals surface area contributed by atoms with Crippen molar-refractivity contribution >= 4 is 29.2 Å². The van der Waals surface area contributed by atoms with Gasteiger partial charge in [-0.25, -0.2) is 4.79 Å². The van der Waals surface area contributed by atoms with Crippen molar-refractivity contribution in [1.29, 1.82) is 0 Å². The zero-order valence-electron chi connectivity index (χ0n) is 13.4. The molecule has 24 heavy (non-hydrogen) atoms. The predicted octanol–water partition coefficient (Wildman–Crippen LogP) is 3.00. The van der Waals surface area contributed by atoms with Gasteiger partial charge in [0.2, 0.25) is 0 Å². The molecular formula is C17H23Cl2N3O2. The fraction of sp³-hybridized carbons (Fsp3) is 0.588. The summed E-state index contributed by atoms with van der Waals surface area (Å²) in [6.45, 7) is 0.915. The third-order valence-electron chi connectivity index (χ3n) is 5.20. The van der Waals surface area contributed by atoms with Crippen LogP contribution in [0.25, 0.3) is 0 Å². The molecule has 1 saturated heterocycles. The lowest BCUT2D eigenvalue weighted by Crippen LogP contribution is -2.60. The summed E-state index contributed by atoms with van der Waals surface area (Å²) in [6, 6.07) is 4.90. The van der Waals surface area contributed by atoms with Crippen LogP contribution >= 0.6 is 23.2 Å². The van der Waals surface area contributed by atoms with E-state index in [9.17, 15) is 9.90 Å². The highest BCUT2D eigenvalue weighted by Gasteiger charge is 2.47. The van der Waals surface area contributed by atoms with Gasteiger partial charge in [0.1, 0.15) is 0 Å². The molecular weight excluding hydrogens is 349 g/mol. The van der Waals surface area contributed by atoms with E-state index in [1.807, 2.05) is 6.07 Å². The van der Waals surface area contributed by atoms with Gasteiger partial charge in [-0.05, 0) is 56.3 Å². The normalized spacial score (nSPS) is 22.9. The van der Waals surface area contributed by atoms with Crippen LogP contribution in [-0.4, -0.2) is 35.9 Å². The van der Waals surface area contributed by atoms with Gasteiger partial charge >= 0.3 is 6.03 Å². The van der Waals surface area contributed by atoms with Crippen LogP contribution in [0, 0.1) is 0 Å². The van der Waals surface area contributed by atoms with Gasteiger partial charge < -0.3 is 21.1 Å². The zero-order valence-corrected chi connectivity index (χ0v) is 15.0. The topological polar surface area (TPSA) is 73.4 Å². The second kappa shape index (κ2) is 7.48. The van der Waals surface area contributed by atoms with Crippen LogP contribution in [0.2, 0.25) is 10.0 Å². The van der Waals surface area contributed by atoms with Crippen molar-refractivity contribution in [3.63, 3.8) is 0 Å². The summed E-state index contributed by atoms with van der Waals surface area (Å²) in [4.78, 5) is 12.4. The predicted molar refractivity (Wildman–Crippen MR) is 95.6 cm³/mol. The monoisotopic (exact) mass is 371 g/mol. The van der Waals surface area contributed by atoms with Crippen molar-refractivity contribution in [2.75, 3.05) is 13.2 Å². The first-order chi connectivity index (χ1) is 11.5. The number of amides is 2. The first-order valence-electron chi connectivity index (χ1n) is 8.42. The number of aliphatic hydroxyl groups is 1. The van der Waals surface area contributed by atoms with E-state index >= 15 is 0 Å². The van der Waals surface area contributed by atoms with E-state index in [1.54, 1.807) is 12.1 Å². The van der Waals surface area contributed by atoms with Crippen molar-refractivity contribution in [2.24, 2.45) is 0 Å². The number of nitrogens with one attached hydrogen (secondary N) is 3. The molecule has 1 spiro atoms. The number of hydrogen-bond acceptors (Lipinski definition) is 3. The molecule has 0 radical (unpaired) electrons. The summed E-state index contributed by atoms with van der Waals surface area (Å²) >= 11 is 12.0. The first kappa shape index (κ1) is 17.8. The summed E-state index contributed by atoms with van der Waals surface area (Å²) in [5.74, 6) is 0. The third-order valence-corrected chi connectivity index (χ3v) is 5.94. The molecule has 4 N–H and O–H groups in total. The number of hydrogen-bond donors (Lipinski definition) is 4. The maximum atomic E-state index is 12.4. The second-order valence-corrected chi connectivity index (χ2v) is 7.45. The Kier molecular flexibility index (Phi) is 5.55. The summed E-state index contributed by atoms with van der Waals surface area (Å²) in [7, 11) is 0. The largest absolute Gasteiger partial charge is 0.396 e. The summed E-state index contributed by atoms with van der Waals surface area (Å²) in [6.07, 6.45) is 4.81. The highest BCUT2D eigenvalue weighted by Crippen LogP contribution is 2.39. The molecule has 2 fully saturated rings. The molecule has 1 aromatic rings. The van der Waals surface area contributed by atoms with Crippen LogP contribution in [-0.2, 0) is 0 Å². The minimum Gasteiger partial charge on any atom is -0.396 e. The van der Waals surface area contributed by atoms with Crippen LogP contribution in [0.5, 0.6) is 0 Å². The quantitative estimate of drug-likeness (QED) is 0.642. The Balaban J connectivity index is 1.64. The molecule has 5 nitrogen and oxygen atoms in total. The van der Waals surface area contributed by atoms with Gasteiger partial charge in [0, 0.05) is 18.2 Å². The van der Waals surface area contributed by atoms with E-state index in [0.29, 0.717) is 16.5 Å². The summed E-state index contributed by atoms with van der Waals surface area (Å²) < 4.78 is 0. The van der Waals surface area contributed by atoms with Crippen molar-refractivity contribution in [1.82, 2.24) is 16.0 Å². The van der Waals surface area contributed by atoms with Gasteiger partial charge in [0.25, 0.3) is 0 Å². The number of halogens is 2. The maximum Gasteiger partial charge on any atom is 0.315 e. The highest BCUT2D eigenvalue weighted by atomic mass is 35.5. The van der Waals surface area contributed by atoms with Crippen molar-refractivity contribution in [3.05, 3.63) is 33.8 Å². The summed E-state index contributed by atoms with van der Waals surface area (Å²) in [5, 5.41) is 19.8. The highest BCUT2D eigenvalue weighted by molar-refractivity contribution is 6.42. The Bertz CT molecular complexity index is 607. The Labute approximate surface area is 152 Å². The van der Waals surface area contributed by atoms with Crippen molar-refractivity contribution < 1.29 is 9.90 Å². The standard InChI is InChI=1S/C17H23Cl2N3O2/c18-12-3-2-11(10-13(12)19)14(5-9-23)21-16(24)22-15-4-8-20-17(15)6-1-7-17/h2-3,10,14-15,20,23H,1,4-9H2,(H2,21,22,24). The molecule has 2 atom stereocenters. The molecule has 7 heteroatoms. The molecule has 1 saturated carbocycles. The van der Waals surface area contributed by atoms with E-state index < -0.39 is 0 Å². The third kappa shape index (κ3) is 3.64. The average molecular weight is 372 g/mol. The van der Waals surface area contributed by atoms with Crippen LogP contribution in [0.4, 0.5) is 4.79 Å². The molecule has 2 aliphatic rings. The minimum atomic E-state index is -0.309. The fourth-order valence-electron chi connectivity index (χ4n) is 3.70. The molecule has 1 aliphatic carbocycles. The van der Waals surface area contributed by atoms with Gasteiger partial charge in [0.05, 0.1) is 16.1 Å². The van der Waals surface area contributed by atoms with Crippen LogP contribution in [0.3, 0.4) is 0 Å². The molecule has 0 aromatic heterocycles. The molecule has 1 aromatic carbocycles. The smallest absolute Gasteiger partial charge is 0.315 e. The Hall–Kier alpha value is -1.01. The van der Waals surface area contributed by atoms with Crippen LogP contribution in [0.15, 0.2) is 18.2 Å². The van der Waals surface area contributed by atoms with E-state index in [-0.39, 0.29) is 30.3 Å². The Morgan fingerprint density at radius 1 is 1.38 bits per heavy atom. The van der Waals surface area contributed by atoms with Crippen LogP contribution in [0.1, 0.15) is 43.7 Å². The SMILES string of the molecule is O=C(NC(CCO)c1ccc(Cl)c(Cl)c1)NC1CCNC12CCC2. The molecule has 2 amide bonds. The molecule has 1 aliphatic heterocycles. The van der Waals surface area contributed by atoms with E-state index in [2.05, 4.69) is 16.0 Å². The van der Waals surface area contributed by atoms with E-state index in [4.69, 9.17) is 23.2 Å². The summed E-state index contributed by atoms with van der Waals surface area (Å²) in [5.41, 5.74) is 0.921. The van der Waals surface area contributed by atoms with Crippen molar-refractivity contribution in [2.45, 2.75) is 49.7 Å². The lowest BCUT2D eigenvalue weighted by atomic mass is 9.73. The molecule has 2 unspecified atom stereocenters. The number of rotatable bonds is 5. The molecule has 0 bridgehead atoms. The Morgan fingerprint density at radius 3 is 2.79 bits per heavy atom. The first-order valence-corrected chi connectivity index (χ1v) is 9.17. The molecule has 3 rings (SSSR count). The second-order valence-electron chi connectivity index (χ2n) is 6.63. The number of aliphatic hydroxyl groups excluding tert-OH is 1. The number of carbonyl (C=O) groups excluding carboxylic acids is 1. The number of benzene rings is 1. The van der Waals surface area contributed by atoms with Crippen molar-refractivity contribution in [3.8, 4) is 0 Å². The maximum absolute atomic E-state index is 12.4. The number of carbonyl (C=O) groups is 1. The van der Waals surface area contributed by atoms with E-state index in [0.717, 1.165) is 31.4 Å². The van der Waals surface area contributed by atoms with Gasteiger partial charge in [-0.1, -0.05) is 29.3 Å². The lowest BCUT2D eigenvalue weighted by Gasteiger charge is -2.43. The van der Waals surface area contributed by atoms with Crippen LogP contribution < -0.4 is 16.0 Å². The Morgan fingerprint density at radius 2 is 2.17 bits per heavy atom. The molecule has 132 valence electrons. The number of urea groups is 1. The lowest BCUT2D eigenvalue weighted by molar-refractivity contribution is 0.167. The molecule has 1 heterocycles. The zero-order chi connectivity index (χ0) is 17.2. The average Bonchev–Trinajstić information content (AvgIpc) is 2.93. The van der Waals surface area contributed by atoms with Gasteiger partial charge in [-0.3, -0.25) is 0 Å². The van der Waals surface area contributed by atoms with Gasteiger partial charge in [0.15, 0.2) is 0 Å². The van der Waals surface area contributed by atoms with Gasteiger partial charge in [-0.2, -0.15) is 0 Å². The fourth-order valence-corrected chi connectivity index (χ4v) is 4.00. The minimum absolute atomic E-state index is 0.0277. The van der Waals surface area contributed by atoms with Gasteiger partial charge in [-0.15, -0.1) is 0 Å².